The predicted molar refractivity (Wildman–Crippen MR) is 122 cm³/mol. The second-order valence-electron chi connectivity index (χ2n) is 8.28. The van der Waals surface area contributed by atoms with Crippen molar-refractivity contribution in [3.63, 3.8) is 0 Å². The zero-order valence-electron chi connectivity index (χ0n) is 19.8. The highest BCUT2D eigenvalue weighted by Crippen LogP contribution is 2.44. The van der Waals surface area contributed by atoms with Crippen molar-refractivity contribution in [1.29, 1.82) is 0 Å². The van der Waals surface area contributed by atoms with Gasteiger partial charge in [-0.05, 0) is 26.3 Å². The number of methoxy groups -OCH3 is 1. The molecule has 0 aliphatic carbocycles. The van der Waals surface area contributed by atoms with E-state index in [0.717, 1.165) is 13.0 Å². The number of alkyl halides is 3. The second-order valence-corrected chi connectivity index (χ2v) is 8.28. The molecule has 4 rings (SSSR count). The highest BCUT2D eigenvalue weighted by molar-refractivity contribution is 5.99. The summed E-state index contributed by atoms with van der Waals surface area (Å²) in [5.41, 5.74) is 7.97. The Labute approximate surface area is 202 Å². The zero-order chi connectivity index (χ0) is 26.5. The molecule has 0 fully saturated rings. The first-order valence-corrected chi connectivity index (χ1v) is 10.9. The van der Waals surface area contributed by atoms with Crippen LogP contribution in [0.3, 0.4) is 0 Å². The molecular formula is C22H23F4N7O3. The van der Waals surface area contributed by atoms with Crippen molar-refractivity contribution in [3.05, 3.63) is 23.1 Å². The maximum absolute atomic E-state index is 16.0. The fourth-order valence-corrected chi connectivity index (χ4v) is 4.38. The molecule has 3 aromatic heterocycles. The highest BCUT2D eigenvalue weighted by Gasteiger charge is 2.40. The van der Waals surface area contributed by atoms with E-state index in [4.69, 9.17) is 20.9 Å². The van der Waals surface area contributed by atoms with Crippen LogP contribution in [-0.4, -0.2) is 51.6 Å². The molecule has 1 amide bonds. The summed E-state index contributed by atoms with van der Waals surface area (Å²) in [6.07, 6.45) is -4.59. The molecule has 4 N–H and O–H groups in total. The molecule has 14 heteroatoms. The predicted octanol–water partition coefficient (Wildman–Crippen LogP) is 3.00. The number of aromatic nitrogens is 4. The van der Waals surface area contributed by atoms with Crippen molar-refractivity contribution in [2.45, 2.75) is 45.5 Å². The van der Waals surface area contributed by atoms with Gasteiger partial charge in [0, 0.05) is 5.56 Å². The van der Waals surface area contributed by atoms with E-state index in [-0.39, 0.29) is 35.5 Å². The van der Waals surface area contributed by atoms with Crippen LogP contribution in [-0.2, 0) is 11.0 Å². The molecule has 3 aromatic rings. The standard InChI is InChI=1S/C22H23F4N7O3/c1-5-11(18(28)34)33-8(2)7-36-20-13-17(31-21(35-4)32-19(13)33)15(23)16(30-20)10-6-12(27)29-9(3)14(10)22(24,25)26/h6,8,11H,5,7H2,1-4H3,(H2,27,29)(H2,28,34)/t8-,11?/m0/s1. The molecule has 0 spiro atoms. The Morgan fingerprint density at radius 1 is 1.31 bits per heavy atom. The van der Waals surface area contributed by atoms with Crippen LogP contribution in [0, 0.1) is 12.7 Å². The molecule has 1 aliphatic rings. The highest BCUT2D eigenvalue weighted by atomic mass is 19.4. The normalized spacial score (nSPS) is 16.4. The maximum Gasteiger partial charge on any atom is 0.418 e. The van der Waals surface area contributed by atoms with Gasteiger partial charge in [-0.1, -0.05) is 6.92 Å². The molecule has 10 nitrogen and oxygen atoms in total. The molecule has 1 aliphatic heterocycles. The van der Waals surface area contributed by atoms with Crippen LogP contribution >= 0.6 is 0 Å². The Kier molecular flexibility index (Phi) is 6.22. The number of amides is 1. The summed E-state index contributed by atoms with van der Waals surface area (Å²) in [7, 11) is 1.25. The van der Waals surface area contributed by atoms with Gasteiger partial charge in [0.15, 0.2) is 5.82 Å². The van der Waals surface area contributed by atoms with E-state index >= 15 is 4.39 Å². The molecule has 36 heavy (non-hydrogen) atoms. The summed E-state index contributed by atoms with van der Waals surface area (Å²) in [4.78, 5) is 29.9. The first kappa shape index (κ1) is 25.1. The number of hydrogen-bond acceptors (Lipinski definition) is 9. The number of ether oxygens (including phenoxy) is 2. The summed E-state index contributed by atoms with van der Waals surface area (Å²) in [5.74, 6) is -2.25. The molecule has 192 valence electrons. The Bertz CT molecular complexity index is 1370. The molecule has 1 unspecified atom stereocenters. The lowest BCUT2D eigenvalue weighted by Crippen LogP contribution is -2.50. The number of nitrogen functional groups attached to an aromatic ring is 1. The van der Waals surface area contributed by atoms with Gasteiger partial charge in [0.25, 0.3) is 0 Å². The third-order valence-electron chi connectivity index (χ3n) is 5.89. The third kappa shape index (κ3) is 4.05. The van der Waals surface area contributed by atoms with Gasteiger partial charge in [-0.25, -0.2) is 14.4 Å². The topological polar surface area (TPSA) is 142 Å². The minimum atomic E-state index is -4.88. The number of anilines is 2. The van der Waals surface area contributed by atoms with E-state index in [1.54, 1.807) is 18.7 Å². The molecule has 0 bridgehead atoms. The summed E-state index contributed by atoms with van der Waals surface area (Å²) >= 11 is 0. The summed E-state index contributed by atoms with van der Waals surface area (Å²) < 4.78 is 68.8. The number of halogens is 4. The first-order chi connectivity index (χ1) is 16.9. The molecule has 4 heterocycles. The Balaban J connectivity index is 2.12. The number of primary amides is 1. The van der Waals surface area contributed by atoms with Gasteiger partial charge in [-0.2, -0.15) is 23.1 Å². The molecule has 0 radical (unpaired) electrons. The van der Waals surface area contributed by atoms with E-state index in [1.807, 2.05) is 0 Å². The van der Waals surface area contributed by atoms with Crippen molar-refractivity contribution in [2.24, 2.45) is 5.73 Å². The number of hydrogen-bond donors (Lipinski definition) is 2. The average molecular weight is 509 g/mol. The third-order valence-corrected chi connectivity index (χ3v) is 5.89. The maximum atomic E-state index is 16.0. The van der Waals surface area contributed by atoms with Gasteiger partial charge in [0.05, 0.1) is 24.4 Å². The lowest BCUT2D eigenvalue weighted by Gasteiger charge is -2.34. The van der Waals surface area contributed by atoms with E-state index in [9.17, 15) is 18.0 Å². The van der Waals surface area contributed by atoms with Crippen LogP contribution in [0.2, 0.25) is 0 Å². The Morgan fingerprint density at radius 2 is 2.00 bits per heavy atom. The molecule has 0 saturated carbocycles. The van der Waals surface area contributed by atoms with Crippen LogP contribution in [0.5, 0.6) is 11.9 Å². The van der Waals surface area contributed by atoms with Gasteiger partial charge < -0.3 is 25.8 Å². The van der Waals surface area contributed by atoms with Gasteiger partial charge >= 0.3 is 12.2 Å². The van der Waals surface area contributed by atoms with Crippen LogP contribution in [0.25, 0.3) is 22.2 Å². The van der Waals surface area contributed by atoms with Gasteiger partial charge in [-0.15, -0.1) is 0 Å². The van der Waals surface area contributed by atoms with Gasteiger partial charge in [0.1, 0.15) is 40.9 Å². The van der Waals surface area contributed by atoms with E-state index < -0.39 is 58.0 Å². The van der Waals surface area contributed by atoms with Crippen LogP contribution in [0.1, 0.15) is 31.5 Å². The van der Waals surface area contributed by atoms with Crippen molar-refractivity contribution in [1.82, 2.24) is 19.9 Å². The van der Waals surface area contributed by atoms with E-state index in [2.05, 4.69) is 19.9 Å². The molecule has 2 atom stereocenters. The first-order valence-electron chi connectivity index (χ1n) is 10.9. The Hall–Kier alpha value is -3.97. The minimum Gasteiger partial charge on any atom is -0.475 e. The lowest BCUT2D eigenvalue weighted by molar-refractivity contribution is -0.137. The minimum absolute atomic E-state index is 0.0339. The molecule has 0 aromatic carbocycles. The van der Waals surface area contributed by atoms with Crippen LogP contribution < -0.4 is 25.8 Å². The van der Waals surface area contributed by atoms with Crippen molar-refractivity contribution in [3.8, 4) is 23.1 Å². The summed E-state index contributed by atoms with van der Waals surface area (Å²) in [6.45, 7) is 4.52. The largest absolute Gasteiger partial charge is 0.475 e. The number of rotatable bonds is 5. The van der Waals surface area contributed by atoms with Gasteiger partial charge in [0.2, 0.25) is 11.8 Å². The number of nitrogens with zero attached hydrogens (tertiary/aromatic N) is 5. The summed E-state index contributed by atoms with van der Waals surface area (Å²) in [6, 6.07) is -0.736. The smallest absolute Gasteiger partial charge is 0.418 e. The van der Waals surface area contributed by atoms with Crippen molar-refractivity contribution in [2.75, 3.05) is 24.4 Å². The fourth-order valence-electron chi connectivity index (χ4n) is 4.38. The molecular weight excluding hydrogens is 486 g/mol. The van der Waals surface area contributed by atoms with Crippen LogP contribution in [0.4, 0.5) is 29.2 Å². The fraction of sp³-hybridized carbons (Fsp3) is 0.409. The van der Waals surface area contributed by atoms with Crippen molar-refractivity contribution < 1.29 is 31.8 Å². The number of aryl methyl sites for hydroxylation is 1. The Morgan fingerprint density at radius 3 is 2.58 bits per heavy atom. The number of nitrogens with two attached hydrogens (primary N) is 2. The molecule has 0 saturated heterocycles. The lowest BCUT2D eigenvalue weighted by atomic mass is 10.0. The van der Waals surface area contributed by atoms with Gasteiger partial charge in [-0.3, -0.25) is 4.79 Å². The number of pyridine rings is 2. The quantitative estimate of drug-likeness (QED) is 0.496. The average Bonchev–Trinajstić information content (AvgIpc) is 2.92. The van der Waals surface area contributed by atoms with Crippen LogP contribution in [0.15, 0.2) is 6.07 Å². The van der Waals surface area contributed by atoms with Crippen molar-refractivity contribution >= 4 is 28.4 Å². The van der Waals surface area contributed by atoms with E-state index in [1.165, 1.54) is 7.11 Å². The number of carbonyl (C=O) groups excluding carboxylic acids is 1. The number of carbonyl (C=O) groups is 1. The summed E-state index contributed by atoms with van der Waals surface area (Å²) in [5, 5.41) is -0.0339. The van der Waals surface area contributed by atoms with E-state index in [0.29, 0.717) is 6.42 Å². The SMILES string of the molecule is CCC(C(N)=O)N1c2nc(OC)nc3c(F)c(-c4cc(N)nc(C)c4C(F)(F)F)nc(c23)OC[C@@H]1C. The zero-order valence-corrected chi connectivity index (χ0v) is 19.8. The second kappa shape index (κ2) is 8.91. The monoisotopic (exact) mass is 509 g/mol.